The molecule has 3 N–H and O–H groups in total. The summed E-state index contributed by atoms with van der Waals surface area (Å²) < 4.78 is 13.3. The van der Waals surface area contributed by atoms with Gasteiger partial charge in [0.1, 0.15) is 5.82 Å². The van der Waals surface area contributed by atoms with Crippen molar-refractivity contribution >= 4 is 40.7 Å². The Morgan fingerprint density at radius 3 is 2.55 bits per heavy atom. The fourth-order valence-electron chi connectivity index (χ4n) is 0.608. The van der Waals surface area contributed by atoms with E-state index in [4.69, 9.17) is 5.84 Å². The summed E-state index contributed by atoms with van der Waals surface area (Å²) >= 11 is 2.07. The standard InChI is InChI=1S/C6H6FIN2.ClH/c7-4-1-2-5(8)6(3-4)10-9;/h1-3,10H,9H2;1H. The molecule has 0 atom stereocenters. The average Bonchev–Trinajstić information content (AvgIpc) is 1.94. The highest BCUT2D eigenvalue weighted by molar-refractivity contribution is 14.1. The molecule has 5 heteroatoms. The number of nitrogens with one attached hydrogen (secondary N) is 1. The molecule has 0 fully saturated rings. The van der Waals surface area contributed by atoms with Crippen LogP contribution in [0.15, 0.2) is 18.2 Å². The Bertz CT molecular complexity index is 244. The van der Waals surface area contributed by atoms with Crippen LogP contribution in [-0.2, 0) is 0 Å². The van der Waals surface area contributed by atoms with Crippen LogP contribution in [-0.4, -0.2) is 0 Å². The predicted molar refractivity (Wildman–Crippen MR) is 54.2 cm³/mol. The zero-order valence-corrected chi connectivity index (χ0v) is 8.45. The van der Waals surface area contributed by atoms with E-state index in [0.29, 0.717) is 5.69 Å². The van der Waals surface area contributed by atoms with Crippen molar-refractivity contribution in [1.29, 1.82) is 0 Å². The molecule has 62 valence electrons. The summed E-state index contributed by atoms with van der Waals surface area (Å²) in [6.07, 6.45) is 0. The van der Waals surface area contributed by atoms with E-state index in [1.807, 2.05) is 0 Å². The van der Waals surface area contributed by atoms with Gasteiger partial charge in [-0.05, 0) is 40.8 Å². The van der Waals surface area contributed by atoms with E-state index in [1.165, 1.54) is 12.1 Å². The molecular weight excluding hydrogens is 281 g/mol. The Kier molecular flexibility index (Phi) is 4.71. The Labute approximate surface area is 83.9 Å². The molecule has 0 unspecified atom stereocenters. The molecule has 0 saturated carbocycles. The maximum Gasteiger partial charge on any atom is 0.125 e. The van der Waals surface area contributed by atoms with E-state index in [-0.39, 0.29) is 18.2 Å². The third-order valence-corrected chi connectivity index (χ3v) is 2.02. The lowest BCUT2D eigenvalue weighted by molar-refractivity contribution is 0.628. The van der Waals surface area contributed by atoms with Gasteiger partial charge < -0.3 is 5.43 Å². The van der Waals surface area contributed by atoms with Gasteiger partial charge in [-0.1, -0.05) is 0 Å². The van der Waals surface area contributed by atoms with Crippen molar-refractivity contribution in [3.8, 4) is 0 Å². The smallest absolute Gasteiger partial charge is 0.125 e. The van der Waals surface area contributed by atoms with Crippen LogP contribution in [0.2, 0.25) is 0 Å². The monoisotopic (exact) mass is 288 g/mol. The minimum atomic E-state index is -0.284. The summed E-state index contributed by atoms with van der Waals surface area (Å²) in [6, 6.07) is 4.40. The van der Waals surface area contributed by atoms with Crippen LogP contribution in [0.3, 0.4) is 0 Å². The quantitative estimate of drug-likeness (QED) is 0.472. The Morgan fingerprint density at radius 2 is 2.09 bits per heavy atom. The van der Waals surface area contributed by atoms with E-state index in [1.54, 1.807) is 6.07 Å². The van der Waals surface area contributed by atoms with Crippen molar-refractivity contribution in [3.05, 3.63) is 27.6 Å². The van der Waals surface area contributed by atoms with Gasteiger partial charge in [-0.15, -0.1) is 12.4 Å². The van der Waals surface area contributed by atoms with E-state index >= 15 is 0 Å². The molecule has 1 aromatic carbocycles. The SMILES string of the molecule is Cl.NNc1cc(F)ccc1I. The lowest BCUT2D eigenvalue weighted by Crippen LogP contribution is -2.08. The van der Waals surface area contributed by atoms with Gasteiger partial charge in [-0.25, -0.2) is 4.39 Å². The number of benzene rings is 1. The number of hydrogen-bond acceptors (Lipinski definition) is 2. The summed E-state index contributed by atoms with van der Waals surface area (Å²) in [5.41, 5.74) is 3.00. The van der Waals surface area contributed by atoms with Crippen LogP contribution >= 0.6 is 35.0 Å². The van der Waals surface area contributed by atoms with Crippen LogP contribution in [0, 0.1) is 9.39 Å². The van der Waals surface area contributed by atoms with Gasteiger partial charge in [0.15, 0.2) is 0 Å². The summed E-state index contributed by atoms with van der Waals surface area (Å²) in [5.74, 6) is 4.81. The number of hydrogen-bond donors (Lipinski definition) is 2. The van der Waals surface area contributed by atoms with Gasteiger partial charge in [0.2, 0.25) is 0 Å². The number of hydrazine groups is 1. The van der Waals surface area contributed by atoms with Gasteiger partial charge in [-0.2, -0.15) is 0 Å². The number of nitrogens with two attached hydrogens (primary N) is 1. The van der Waals surface area contributed by atoms with Crippen molar-refractivity contribution < 1.29 is 4.39 Å². The van der Waals surface area contributed by atoms with Gasteiger partial charge >= 0.3 is 0 Å². The lowest BCUT2D eigenvalue weighted by atomic mass is 10.3. The van der Waals surface area contributed by atoms with Crippen LogP contribution in [0.4, 0.5) is 10.1 Å². The van der Waals surface area contributed by atoms with Crippen molar-refractivity contribution in [2.75, 3.05) is 5.43 Å². The maximum atomic E-state index is 12.4. The fourth-order valence-corrected chi connectivity index (χ4v) is 1.10. The largest absolute Gasteiger partial charge is 0.323 e. The van der Waals surface area contributed by atoms with E-state index < -0.39 is 0 Å². The van der Waals surface area contributed by atoms with E-state index in [9.17, 15) is 4.39 Å². The molecular formula is C6H7ClFIN2. The minimum Gasteiger partial charge on any atom is -0.323 e. The molecule has 0 bridgehead atoms. The first-order valence-corrected chi connectivity index (χ1v) is 3.73. The van der Waals surface area contributed by atoms with Crippen molar-refractivity contribution in [2.45, 2.75) is 0 Å². The third kappa shape index (κ3) is 2.80. The molecule has 0 amide bonds. The van der Waals surface area contributed by atoms with Gasteiger partial charge in [0.05, 0.1) is 5.69 Å². The van der Waals surface area contributed by atoms with Gasteiger partial charge in [0.25, 0.3) is 0 Å². The predicted octanol–water partition coefficient (Wildman–Crippen LogP) is 2.14. The molecule has 0 saturated heterocycles. The summed E-state index contributed by atoms with van der Waals surface area (Å²) in [7, 11) is 0. The molecule has 0 heterocycles. The summed E-state index contributed by atoms with van der Waals surface area (Å²) in [4.78, 5) is 0. The minimum absolute atomic E-state index is 0. The average molecular weight is 288 g/mol. The van der Waals surface area contributed by atoms with Crippen molar-refractivity contribution in [1.82, 2.24) is 0 Å². The molecule has 1 aromatic rings. The second kappa shape index (κ2) is 4.74. The Morgan fingerprint density at radius 1 is 1.45 bits per heavy atom. The number of anilines is 1. The molecule has 0 spiro atoms. The molecule has 0 radical (unpaired) electrons. The highest BCUT2D eigenvalue weighted by atomic mass is 127. The molecule has 0 aromatic heterocycles. The normalized spacial score (nSPS) is 8.64. The highest BCUT2D eigenvalue weighted by Gasteiger charge is 1.97. The Balaban J connectivity index is 0.000001000. The van der Waals surface area contributed by atoms with Gasteiger partial charge in [-0.3, -0.25) is 5.84 Å². The fraction of sp³-hybridized carbons (Fsp3) is 0. The topological polar surface area (TPSA) is 38.0 Å². The first kappa shape index (κ1) is 10.9. The first-order chi connectivity index (χ1) is 4.74. The maximum absolute atomic E-state index is 12.4. The van der Waals surface area contributed by atoms with Crippen LogP contribution in [0.1, 0.15) is 0 Å². The molecule has 11 heavy (non-hydrogen) atoms. The third-order valence-electron chi connectivity index (χ3n) is 1.08. The molecule has 2 nitrogen and oxygen atoms in total. The zero-order valence-electron chi connectivity index (χ0n) is 5.47. The first-order valence-electron chi connectivity index (χ1n) is 2.65. The number of nitrogen functional groups attached to an aromatic ring is 1. The molecule has 0 aliphatic carbocycles. The Hall–Kier alpha value is -0.0700. The van der Waals surface area contributed by atoms with Gasteiger partial charge in [0, 0.05) is 3.57 Å². The van der Waals surface area contributed by atoms with Crippen molar-refractivity contribution in [2.24, 2.45) is 5.84 Å². The molecule has 0 aliphatic rings. The molecule has 1 rings (SSSR count). The zero-order chi connectivity index (χ0) is 7.56. The van der Waals surface area contributed by atoms with E-state index in [0.717, 1.165) is 3.57 Å². The second-order valence-electron chi connectivity index (χ2n) is 1.77. The highest BCUT2D eigenvalue weighted by Crippen LogP contribution is 2.17. The number of halogens is 3. The van der Waals surface area contributed by atoms with Crippen LogP contribution in [0.25, 0.3) is 0 Å². The van der Waals surface area contributed by atoms with Crippen molar-refractivity contribution in [3.63, 3.8) is 0 Å². The van der Waals surface area contributed by atoms with Crippen LogP contribution in [0.5, 0.6) is 0 Å². The van der Waals surface area contributed by atoms with E-state index in [2.05, 4.69) is 28.0 Å². The lowest BCUT2D eigenvalue weighted by Gasteiger charge is -2.01. The second-order valence-corrected chi connectivity index (χ2v) is 2.93. The summed E-state index contributed by atoms with van der Waals surface area (Å²) in [6.45, 7) is 0. The summed E-state index contributed by atoms with van der Waals surface area (Å²) in [5, 5.41) is 0. The number of rotatable bonds is 1. The van der Waals surface area contributed by atoms with Crippen LogP contribution < -0.4 is 11.3 Å². The molecule has 0 aliphatic heterocycles.